The van der Waals surface area contributed by atoms with Crippen LogP contribution >= 0.6 is 0 Å². The molecule has 1 saturated carbocycles. The van der Waals surface area contributed by atoms with Gasteiger partial charge in [0.1, 0.15) is 0 Å². The van der Waals surface area contributed by atoms with Crippen molar-refractivity contribution in [2.75, 3.05) is 13.1 Å². The molecule has 1 saturated heterocycles. The highest BCUT2D eigenvalue weighted by atomic mass is 16.2. The number of nitrogens with zero attached hydrogens (tertiary/aromatic N) is 4. The fraction of sp³-hybridized carbons (Fsp3) is 0.842. The SMILES string of the molecule is CCCc1cn(CC2CCN(C(=O)NC3CCCCCC3)CC2)nn1. The molecule has 140 valence electrons. The molecule has 1 aromatic heterocycles. The molecule has 1 aliphatic heterocycles. The lowest BCUT2D eigenvalue weighted by Crippen LogP contribution is -2.48. The average molecular weight is 348 g/mol. The first kappa shape index (κ1) is 18.2. The molecule has 2 aliphatic rings. The highest BCUT2D eigenvalue weighted by Gasteiger charge is 2.25. The smallest absolute Gasteiger partial charge is 0.317 e. The maximum atomic E-state index is 12.5. The summed E-state index contributed by atoms with van der Waals surface area (Å²) in [6.45, 7) is 4.81. The normalized spacial score (nSPS) is 20.4. The van der Waals surface area contributed by atoms with Gasteiger partial charge >= 0.3 is 6.03 Å². The molecule has 6 heteroatoms. The Labute approximate surface area is 151 Å². The number of carbonyl (C=O) groups excluding carboxylic acids is 1. The Hall–Kier alpha value is -1.59. The van der Waals surface area contributed by atoms with Gasteiger partial charge in [-0.05, 0) is 38.0 Å². The zero-order chi connectivity index (χ0) is 17.5. The molecule has 0 bridgehead atoms. The quantitative estimate of drug-likeness (QED) is 0.831. The van der Waals surface area contributed by atoms with Crippen LogP contribution in [0.25, 0.3) is 0 Å². The van der Waals surface area contributed by atoms with Crippen molar-refractivity contribution in [2.24, 2.45) is 5.92 Å². The van der Waals surface area contributed by atoms with Crippen LogP contribution in [0.1, 0.15) is 70.4 Å². The first-order chi connectivity index (χ1) is 12.2. The van der Waals surface area contributed by atoms with E-state index in [1.807, 2.05) is 9.58 Å². The van der Waals surface area contributed by atoms with E-state index in [0.29, 0.717) is 12.0 Å². The van der Waals surface area contributed by atoms with Crippen molar-refractivity contribution < 1.29 is 4.79 Å². The number of likely N-dealkylation sites (tertiary alicyclic amines) is 1. The highest BCUT2D eigenvalue weighted by molar-refractivity contribution is 5.74. The number of hydrogen-bond acceptors (Lipinski definition) is 3. The van der Waals surface area contributed by atoms with Gasteiger partial charge in [0.05, 0.1) is 5.69 Å². The molecule has 0 radical (unpaired) electrons. The summed E-state index contributed by atoms with van der Waals surface area (Å²) in [5.74, 6) is 0.595. The number of hydrogen-bond donors (Lipinski definition) is 1. The molecule has 2 amide bonds. The van der Waals surface area contributed by atoms with Crippen LogP contribution in [0, 0.1) is 5.92 Å². The Bertz CT molecular complexity index is 528. The van der Waals surface area contributed by atoms with Crippen molar-refractivity contribution in [3.8, 4) is 0 Å². The third-order valence-electron chi connectivity index (χ3n) is 5.62. The van der Waals surface area contributed by atoms with Gasteiger partial charge in [0, 0.05) is 31.9 Å². The van der Waals surface area contributed by atoms with E-state index >= 15 is 0 Å². The average Bonchev–Trinajstić information content (AvgIpc) is 2.89. The van der Waals surface area contributed by atoms with Gasteiger partial charge in [-0.2, -0.15) is 0 Å². The Morgan fingerprint density at radius 1 is 1.16 bits per heavy atom. The Morgan fingerprint density at radius 2 is 1.88 bits per heavy atom. The van der Waals surface area contributed by atoms with Gasteiger partial charge in [0.2, 0.25) is 0 Å². The topological polar surface area (TPSA) is 63.1 Å². The maximum absolute atomic E-state index is 12.5. The summed E-state index contributed by atoms with van der Waals surface area (Å²) >= 11 is 0. The molecule has 6 nitrogen and oxygen atoms in total. The molecule has 1 aliphatic carbocycles. The van der Waals surface area contributed by atoms with Crippen LogP contribution in [0.2, 0.25) is 0 Å². The van der Waals surface area contributed by atoms with Gasteiger partial charge in [-0.3, -0.25) is 4.68 Å². The number of aryl methyl sites for hydroxylation is 1. The third kappa shape index (κ3) is 5.44. The largest absolute Gasteiger partial charge is 0.335 e. The van der Waals surface area contributed by atoms with Crippen LogP contribution in [-0.4, -0.2) is 45.1 Å². The van der Waals surface area contributed by atoms with Crippen LogP contribution in [0.4, 0.5) is 4.79 Å². The summed E-state index contributed by atoms with van der Waals surface area (Å²) in [6.07, 6.45) is 13.7. The van der Waals surface area contributed by atoms with E-state index in [4.69, 9.17) is 0 Å². The molecular formula is C19H33N5O. The number of nitrogens with one attached hydrogen (secondary N) is 1. The second-order valence-corrected chi connectivity index (χ2v) is 7.75. The van der Waals surface area contributed by atoms with Crippen LogP contribution in [0.3, 0.4) is 0 Å². The van der Waals surface area contributed by atoms with Gasteiger partial charge in [0.15, 0.2) is 0 Å². The molecule has 0 atom stereocenters. The van der Waals surface area contributed by atoms with Crippen molar-refractivity contribution in [1.82, 2.24) is 25.2 Å². The van der Waals surface area contributed by atoms with Gasteiger partial charge in [-0.1, -0.05) is 44.2 Å². The first-order valence-corrected chi connectivity index (χ1v) is 10.2. The van der Waals surface area contributed by atoms with Crippen LogP contribution in [-0.2, 0) is 13.0 Å². The van der Waals surface area contributed by atoms with E-state index in [2.05, 4.69) is 28.7 Å². The summed E-state index contributed by atoms with van der Waals surface area (Å²) in [5, 5.41) is 11.7. The van der Waals surface area contributed by atoms with Gasteiger partial charge < -0.3 is 10.2 Å². The summed E-state index contributed by atoms with van der Waals surface area (Å²) in [4.78, 5) is 14.5. The van der Waals surface area contributed by atoms with E-state index in [1.165, 1.54) is 25.7 Å². The van der Waals surface area contributed by atoms with E-state index in [9.17, 15) is 4.79 Å². The van der Waals surface area contributed by atoms with Gasteiger partial charge in [-0.15, -0.1) is 5.10 Å². The second-order valence-electron chi connectivity index (χ2n) is 7.75. The standard InChI is InChI=1S/C19H33N5O/c1-2-7-18-15-24(22-21-18)14-16-10-12-23(13-11-16)19(25)20-17-8-5-3-4-6-9-17/h15-17H,2-14H2,1H3,(H,20,25). The molecule has 25 heavy (non-hydrogen) atoms. The van der Waals surface area contributed by atoms with Crippen LogP contribution in [0.15, 0.2) is 6.20 Å². The van der Waals surface area contributed by atoms with E-state index in [1.54, 1.807) is 0 Å². The minimum absolute atomic E-state index is 0.149. The molecular weight excluding hydrogens is 314 g/mol. The molecule has 0 unspecified atom stereocenters. The van der Waals surface area contributed by atoms with Crippen molar-refractivity contribution in [3.05, 3.63) is 11.9 Å². The van der Waals surface area contributed by atoms with E-state index in [-0.39, 0.29) is 6.03 Å². The van der Waals surface area contributed by atoms with Gasteiger partial charge in [0.25, 0.3) is 0 Å². The summed E-state index contributed by atoms with van der Waals surface area (Å²) in [5.41, 5.74) is 1.09. The van der Waals surface area contributed by atoms with E-state index < -0.39 is 0 Å². The lowest BCUT2D eigenvalue weighted by molar-refractivity contribution is 0.160. The second kappa shape index (κ2) is 9.20. The predicted molar refractivity (Wildman–Crippen MR) is 98.3 cm³/mol. The molecule has 0 spiro atoms. The van der Waals surface area contributed by atoms with Crippen molar-refractivity contribution >= 4 is 6.03 Å². The number of piperidine rings is 1. The zero-order valence-electron chi connectivity index (χ0n) is 15.6. The molecule has 3 rings (SSSR count). The summed E-state index contributed by atoms with van der Waals surface area (Å²) in [7, 11) is 0. The Balaban J connectivity index is 1.40. The molecule has 1 aromatic rings. The first-order valence-electron chi connectivity index (χ1n) is 10.2. The highest BCUT2D eigenvalue weighted by Crippen LogP contribution is 2.21. The fourth-order valence-electron chi connectivity index (χ4n) is 4.07. The number of amides is 2. The minimum atomic E-state index is 0.149. The summed E-state index contributed by atoms with van der Waals surface area (Å²) in [6, 6.07) is 0.538. The Morgan fingerprint density at radius 3 is 2.56 bits per heavy atom. The van der Waals surface area contributed by atoms with Crippen LogP contribution < -0.4 is 5.32 Å². The fourth-order valence-corrected chi connectivity index (χ4v) is 4.07. The maximum Gasteiger partial charge on any atom is 0.317 e. The number of urea groups is 1. The number of aromatic nitrogens is 3. The van der Waals surface area contributed by atoms with Crippen molar-refractivity contribution in [1.29, 1.82) is 0 Å². The zero-order valence-corrected chi connectivity index (χ0v) is 15.6. The monoisotopic (exact) mass is 347 g/mol. The number of rotatable bonds is 5. The molecule has 2 heterocycles. The Kier molecular flexibility index (Phi) is 6.70. The third-order valence-corrected chi connectivity index (χ3v) is 5.62. The molecule has 1 N–H and O–H groups in total. The molecule has 0 aromatic carbocycles. The van der Waals surface area contributed by atoms with E-state index in [0.717, 1.165) is 63.9 Å². The van der Waals surface area contributed by atoms with Crippen LogP contribution in [0.5, 0.6) is 0 Å². The van der Waals surface area contributed by atoms with Crippen molar-refractivity contribution in [3.63, 3.8) is 0 Å². The minimum Gasteiger partial charge on any atom is -0.335 e. The lowest BCUT2D eigenvalue weighted by atomic mass is 9.97. The summed E-state index contributed by atoms with van der Waals surface area (Å²) < 4.78 is 1.98. The lowest BCUT2D eigenvalue weighted by Gasteiger charge is -2.33. The van der Waals surface area contributed by atoms with Gasteiger partial charge in [-0.25, -0.2) is 4.79 Å². The molecule has 2 fully saturated rings. The predicted octanol–water partition coefficient (Wildman–Crippen LogP) is 3.38. The van der Waals surface area contributed by atoms with Crippen molar-refractivity contribution in [2.45, 2.75) is 83.7 Å². The number of carbonyl (C=O) groups is 1.